The van der Waals surface area contributed by atoms with Gasteiger partial charge in [-0.15, -0.1) is 36.2 Å². The van der Waals surface area contributed by atoms with Crippen LogP contribution in [-0.2, 0) is 11.2 Å². The zero-order valence-corrected chi connectivity index (χ0v) is 18.3. The number of pyridine rings is 1. The van der Waals surface area contributed by atoms with E-state index in [2.05, 4.69) is 31.3 Å². The van der Waals surface area contributed by atoms with Crippen molar-refractivity contribution < 1.29 is 4.79 Å². The molecule has 2 bridgehead atoms. The number of aryl methyl sites for hydroxylation is 1. The molecule has 4 heterocycles. The van der Waals surface area contributed by atoms with Gasteiger partial charge in [0.05, 0.1) is 16.6 Å². The van der Waals surface area contributed by atoms with Gasteiger partial charge in [0, 0.05) is 55.1 Å². The predicted octanol–water partition coefficient (Wildman–Crippen LogP) is 2.97. The van der Waals surface area contributed by atoms with Crippen molar-refractivity contribution in [2.45, 2.75) is 44.7 Å². The van der Waals surface area contributed by atoms with E-state index in [0.29, 0.717) is 19.1 Å². The van der Waals surface area contributed by atoms with Crippen LogP contribution in [0.2, 0.25) is 0 Å². The highest BCUT2D eigenvalue weighted by molar-refractivity contribution is 7.07. The number of nitrogens with one attached hydrogen (secondary N) is 3. The maximum atomic E-state index is 13.1. The van der Waals surface area contributed by atoms with E-state index in [1.807, 2.05) is 24.7 Å². The minimum atomic E-state index is -0.358. The third-order valence-corrected chi connectivity index (χ3v) is 6.33. The molecule has 154 valence electrons. The number of fused-ring (bicyclic) bond motifs is 2. The molecule has 3 atom stereocenters. The number of rotatable bonds is 7. The molecular weight excluding hydrogens is 417 g/mol. The number of halogens is 2. The summed E-state index contributed by atoms with van der Waals surface area (Å²) in [5, 5.41) is 12.2. The molecule has 0 saturated carbocycles. The Bertz CT molecular complexity index is 775. The van der Waals surface area contributed by atoms with Crippen molar-refractivity contribution >= 4 is 47.7 Å². The van der Waals surface area contributed by atoms with E-state index in [4.69, 9.17) is 0 Å². The van der Waals surface area contributed by atoms with Crippen LogP contribution in [0.15, 0.2) is 29.4 Å². The van der Waals surface area contributed by atoms with E-state index < -0.39 is 0 Å². The summed E-state index contributed by atoms with van der Waals surface area (Å²) in [7, 11) is 0. The number of aromatic nitrogens is 2. The van der Waals surface area contributed by atoms with Gasteiger partial charge in [0.1, 0.15) is 0 Å². The molecule has 2 fully saturated rings. The van der Waals surface area contributed by atoms with Gasteiger partial charge < -0.3 is 16.0 Å². The largest absolute Gasteiger partial charge is 0.383 e. The Morgan fingerprint density at radius 2 is 2.21 bits per heavy atom. The van der Waals surface area contributed by atoms with Crippen molar-refractivity contribution in [1.82, 2.24) is 20.6 Å². The first-order chi connectivity index (χ1) is 12.7. The zero-order valence-electron chi connectivity index (χ0n) is 15.8. The normalized spacial score (nSPS) is 24.9. The van der Waals surface area contributed by atoms with Gasteiger partial charge in [-0.1, -0.05) is 0 Å². The highest BCUT2D eigenvalue weighted by Crippen LogP contribution is 2.45. The molecule has 0 radical (unpaired) electrons. The van der Waals surface area contributed by atoms with Crippen LogP contribution in [0.25, 0.3) is 0 Å². The Hall–Kier alpha value is -1.41. The number of nitrogens with zero attached hydrogens (tertiary/aromatic N) is 2. The number of hydrogen-bond donors (Lipinski definition) is 3. The van der Waals surface area contributed by atoms with E-state index in [1.54, 1.807) is 17.5 Å². The van der Waals surface area contributed by atoms with Crippen molar-refractivity contribution in [1.29, 1.82) is 0 Å². The van der Waals surface area contributed by atoms with E-state index in [9.17, 15) is 4.79 Å². The van der Waals surface area contributed by atoms with Gasteiger partial charge in [-0.25, -0.2) is 4.98 Å². The summed E-state index contributed by atoms with van der Waals surface area (Å²) in [5.74, 6) is 0.165. The number of carbonyl (C=O) groups is 1. The van der Waals surface area contributed by atoms with Crippen LogP contribution < -0.4 is 16.0 Å². The minimum Gasteiger partial charge on any atom is -0.383 e. The molecular formula is C19H27Cl2N5OS. The quantitative estimate of drug-likeness (QED) is 0.573. The van der Waals surface area contributed by atoms with Crippen molar-refractivity contribution in [2.75, 3.05) is 18.4 Å². The molecule has 2 aliphatic rings. The smallest absolute Gasteiger partial charge is 0.228 e. The molecule has 28 heavy (non-hydrogen) atoms. The lowest BCUT2D eigenvalue weighted by Gasteiger charge is -2.34. The fourth-order valence-electron chi connectivity index (χ4n) is 4.39. The van der Waals surface area contributed by atoms with Crippen molar-refractivity contribution in [3.63, 3.8) is 0 Å². The first-order valence-corrected chi connectivity index (χ1v) is 10.2. The first-order valence-electron chi connectivity index (χ1n) is 9.23. The minimum absolute atomic E-state index is 0. The topological polar surface area (TPSA) is 78.9 Å². The second-order valence-corrected chi connectivity index (χ2v) is 8.10. The predicted molar refractivity (Wildman–Crippen MR) is 118 cm³/mol. The van der Waals surface area contributed by atoms with E-state index in [1.165, 1.54) is 6.42 Å². The highest BCUT2D eigenvalue weighted by Gasteiger charge is 2.55. The van der Waals surface area contributed by atoms with E-state index in [-0.39, 0.29) is 42.2 Å². The lowest BCUT2D eigenvalue weighted by atomic mass is 9.70. The fraction of sp³-hybridized carbons (Fsp3) is 0.526. The van der Waals surface area contributed by atoms with Crippen molar-refractivity contribution in [2.24, 2.45) is 5.41 Å². The van der Waals surface area contributed by atoms with Gasteiger partial charge in [0.2, 0.25) is 5.91 Å². The van der Waals surface area contributed by atoms with Crippen LogP contribution in [0, 0.1) is 12.3 Å². The Kier molecular flexibility index (Phi) is 8.07. The third kappa shape index (κ3) is 4.59. The second-order valence-electron chi connectivity index (χ2n) is 7.38. The molecule has 2 aliphatic heterocycles. The van der Waals surface area contributed by atoms with Crippen LogP contribution in [0.4, 0.5) is 5.69 Å². The molecule has 2 saturated heterocycles. The molecule has 0 aliphatic carbocycles. The van der Waals surface area contributed by atoms with Crippen molar-refractivity contribution in [3.05, 3.63) is 40.6 Å². The molecule has 0 unspecified atom stereocenters. The maximum absolute atomic E-state index is 13.1. The van der Waals surface area contributed by atoms with Crippen LogP contribution in [-0.4, -0.2) is 41.0 Å². The van der Waals surface area contributed by atoms with Gasteiger partial charge in [-0.05, 0) is 37.8 Å². The van der Waals surface area contributed by atoms with Crippen LogP contribution in [0.3, 0.4) is 0 Å². The van der Waals surface area contributed by atoms with Crippen LogP contribution >= 0.6 is 36.2 Å². The molecule has 0 aromatic carbocycles. The highest BCUT2D eigenvalue weighted by atomic mass is 35.5. The Labute approximate surface area is 182 Å². The Morgan fingerprint density at radius 1 is 1.36 bits per heavy atom. The second kappa shape index (κ2) is 9.87. The molecule has 0 spiro atoms. The average Bonchev–Trinajstić information content (AvgIpc) is 3.38. The van der Waals surface area contributed by atoms with Crippen LogP contribution in [0.1, 0.15) is 30.5 Å². The maximum Gasteiger partial charge on any atom is 0.228 e. The van der Waals surface area contributed by atoms with E-state index in [0.717, 1.165) is 36.2 Å². The number of anilines is 1. The summed E-state index contributed by atoms with van der Waals surface area (Å²) in [6.45, 7) is 3.33. The Balaban J connectivity index is 0.00000140. The molecule has 1 amide bonds. The SMILES string of the molecule is Cc1cnccc1NCCNC(=O)[C@]1(Cc2cscn2)C[C@@H]2CC[C@H]1N2.Cl.Cl. The number of amides is 1. The summed E-state index contributed by atoms with van der Waals surface area (Å²) < 4.78 is 0. The zero-order chi connectivity index (χ0) is 18.0. The van der Waals surface area contributed by atoms with Gasteiger partial charge in [0.15, 0.2) is 0 Å². The van der Waals surface area contributed by atoms with Gasteiger partial charge >= 0.3 is 0 Å². The molecule has 4 rings (SSSR count). The lowest BCUT2D eigenvalue weighted by molar-refractivity contribution is -0.132. The summed E-state index contributed by atoms with van der Waals surface area (Å²) in [4.78, 5) is 21.7. The first kappa shape index (κ1) is 22.9. The molecule has 6 nitrogen and oxygen atoms in total. The molecule has 2 aromatic heterocycles. The summed E-state index contributed by atoms with van der Waals surface area (Å²) in [6, 6.07) is 2.70. The standard InChI is InChI=1S/C19H25N5OS.2ClH/c1-13-10-20-5-4-16(13)21-6-7-22-18(25)19(9-15-11-26-12-23-15)8-14-2-3-17(19)24-14;;/h4-5,10-12,14,17,24H,2-3,6-9H2,1H3,(H,20,21)(H,22,25);2*1H/t14-,17+,19-;;/m0../s1. The summed E-state index contributed by atoms with van der Waals surface area (Å²) in [5.41, 5.74) is 4.70. The average molecular weight is 444 g/mol. The summed E-state index contributed by atoms with van der Waals surface area (Å²) in [6.07, 6.45) is 7.52. The van der Waals surface area contributed by atoms with Gasteiger partial charge in [0.25, 0.3) is 0 Å². The summed E-state index contributed by atoms with van der Waals surface area (Å²) >= 11 is 1.60. The van der Waals surface area contributed by atoms with Gasteiger partial charge in [-0.2, -0.15) is 0 Å². The molecule has 9 heteroatoms. The Morgan fingerprint density at radius 3 is 2.86 bits per heavy atom. The van der Waals surface area contributed by atoms with Gasteiger partial charge in [-0.3, -0.25) is 9.78 Å². The number of thiazole rings is 1. The fourth-order valence-corrected chi connectivity index (χ4v) is 4.95. The number of carbonyl (C=O) groups excluding carboxylic acids is 1. The van der Waals surface area contributed by atoms with Crippen LogP contribution in [0.5, 0.6) is 0 Å². The van der Waals surface area contributed by atoms with Crippen molar-refractivity contribution in [3.8, 4) is 0 Å². The molecule has 3 N–H and O–H groups in total. The number of hydrogen-bond acceptors (Lipinski definition) is 6. The van der Waals surface area contributed by atoms with E-state index >= 15 is 0 Å². The lowest BCUT2D eigenvalue weighted by Crippen LogP contribution is -2.50. The third-order valence-electron chi connectivity index (χ3n) is 5.70. The monoisotopic (exact) mass is 443 g/mol. The molecule has 2 aromatic rings.